The van der Waals surface area contributed by atoms with Crippen LogP contribution in [0.5, 0.6) is 5.88 Å². The van der Waals surface area contributed by atoms with Gasteiger partial charge < -0.3 is 15.0 Å². The summed E-state index contributed by atoms with van der Waals surface area (Å²) < 4.78 is 34.3. The minimum absolute atomic E-state index is 0.0713. The van der Waals surface area contributed by atoms with E-state index in [-0.39, 0.29) is 22.4 Å². The van der Waals surface area contributed by atoms with Crippen molar-refractivity contribution in [2.45, 2.75) is 38.0 Å². The predicted octanol–water partition coefficient (Wildman–Crippen LogP) is 4.15. The summed E-state index contributed by atoms with van der Waals surface area (Å²) in [5, 5.41) is 2.74. The van der Waals surface area contributed by atoms with Crippen LogP contribution in [0.4, 0.5) is 17.2 Å². The highest BCUT2D eigenvalue weighted by molar-refractivity contribution is 7.92. The Hall–Kier alpha value is -3.66. The Bertz CT molecular complexity index is 1320. The fourth-order valence-corrected chi connectivity index (χ4v) is 5.42. The van der Waals surface area contributed by atoms with Crippen molar-refractivity contribution in [3.8, 4) is 5.88 Å². The van der Waals surface area contributed by atoms with Crippen LogP contribution < -0.4 is 19.7 Å². The number of amides is 1. The summed E-state index contributed by atoms with van der Waals surface area (Å²) in [5.74, 6) is 0.299. The summed E-state index contributed by atoms with van der Waals surface area (Å²) >= 11 is 0. The summed E-state index contributed by atoms with van der Waals surface area (Å²) in [6.45, 7) is 5.47. The molecule has 0 saturated carbocycles. The van der Waals surface area contributed by atoms with Gasteiger partial charge >= 0.3 is 0 Å². The number of rotatable bonds is 7. The van der Waals surface area contributed by atoms with Crippen LogP contribution in [0.2, 0.25) is 0 Å². The molecule has 3 aromatic rings. The van der Waals surface area contributed by atoms with Gasteiger partial charge in [-0.25, -0.2) is 18.4 Å². The van der Waals surface area contributed by atoms with Crippen molar-refractivity contribution in [1.29, 1.82) is 0 Å². The van der Waals surface area contributed by atoms with E-state index in [2.05, 4.69) is 24.9 Å². The number of piperidine rings is 1. The average molecular weight is 496 g/mol. The standard InChI is InChI=1S/C25H29N5O4S/c1-17-8-7-9-18(2)23(17)29-35(32,33)21-15-20(16-27-25(21)34-3)28-24(31)19-10-11-26-22(14-19)30-12-5-4-6-13-30/h7-11,14-16,29H,4-6,12-13H2,1-3H3,(H,28,31). The molecule has 0 atom stereocenters. The molecule has 35 heavy (non-hydrogen) atoms. The highest BCUT2D eigenvalue weighted by atomic mass is 32.2. The lowest BCUT2D eigenvalue weighted by Gasteiger charge is -2.27. The van der Waals surface area contributed by atoms with Crippen LogP contribution in [0.1, 0.15) is 40.7 Å². The zero-order valence-corrected chi connectivity index (χ0v) is 20.9. The van der Waals surface area contributed by atoms with E-state index in [9.17, 15) is 13.2 Å². The number of carbonyl (C=O) groups excluding carboxylic acids is 1. The number of aryl methyl sites for hydroxylation is 2. The van der Waals surface area contributed by atoms with Crippen LogP contribution in [0.25, 0.3) is 0 Å². The quantitative estimate of drug-likeness (QED) is 0.506. The third-order valence-electron chi connectivity index (χ3n) is 5.96. The summed E-state index contributed by atoms with van der Waals surface area (Å²) in [6, 6.07) is 10.2. The first-order chi connectivity index (χ1) is 16.8. The minimum Gasteiger partial charge on any atom is -0.480 e. The third kappa shape index (κ3) is 5.54. The number of aromatic nitrogens is 2. The van der Waals surface area contributed by atoms with Crippen LogP contribution in [0.3, 0.4) is 0 Å². The number of benzene rings is 1. The fraction of sp³-hybridized carbons (Fsp3) is 0.320. The summed E-state index contributed by atoms with van der Waals surface area (Å²) in [5.41, 5.74) is 2.72. The fourth-order valence-electron chi connectivity index (χ4n) is 4.07. The van der Waals surface area contributed by atoms with E-state index >= 15 is 0 Å². The second kappa shape index (κ2) is 10.3. The predicted molar refractivity (Wildman–Crippen MR) is 136 cm³/mol. The number of nitrogens with zero attached hydrogens (tertiary/aromatic N) is 3. The normalized spacial score (nSPS) is 13.9. The van der Waals surface area contributed by atoms with E-state index < -0.39 is 10.0 Å². The molecule has 0 radical (unpaired) electrons. The smallest absolute Gasteiger partial charge is 0.267 e. The third-order valence-corrected chi connectivity index (χ3v) is 7.31. The molecule has 1 aliphatic heterocycles. The van der Waals surface area contributed by atoms with Crippen molar-refractivity contribution in [3.63, 3.8) is 0 Å². The minimum atomic E-state index is -4.05. The van der Waals surface area contributed by atoms with Gasteiger partial charge in [0, 0.05) is 24.8 Å². The molecule has 1 saturated heterocycles. The van der Waals surface area contributed by atoms with Crippen LogP contribution in [0, 0.1) is 13.8 Å². The lowest BCUT2D eigenvalue weighted by molar-refractivity contribution is 0.102. The summed E-state index contributed by atoms with van der Waals surface area (Å²) in [6.07, 6.45) is 6.37. The molecule has 0 unspecified atom stereocenters. The van der Waals surface area contributed by atoms with Crippen molar-refractivity contribution >= 4 is 33.1 Å². The monoisotopic (exact) mass is 495 g/mol. The summed E-state index contributed by atoms with van der Waals surface area (Å²) in [4.78, 5) is 23.5. The van der Waals surface area contributed by atoms with Crippen molar-refractivity contribution in [2.75, 3.05) is 35.1 Å². The number of ether oxygens (including phenoxy) is 1. The molecule has 184 valence electrons. The van der Waals surface area contributed by atoms with Gasteiger partial charge in [-0.1, -0.05) is 18.2 Å². The van der Waals surface area contributed by atoms with Crippen molar-refractivity contribution in [2.24, 2.45) is 0 Å². The molecule has 2 N–H and O–H groups in total. The molecule has 9 nitrogen and oxygen atoms in total. The number of hydrogen-bond acceptors (Lipinski definition) is 7. The molecular formula is C25H29N5O4S. The van der Waals surface area contributed by atoms with Gasteiger partial charge in [0.15, 0.2) is 4.90 Å². The zero-order valence-electron chi connectivity index (χ0n) is 20.0. The Balaban J connectivity index is 1.59. The van der Waals surface area contributed by atoms with E-state index in [4.69, 9.17) is 4.74 Å². The number of nitrogens with one attached hydrogen (secondary N) is 2. The van der Waals surface area contributed by atoms with Gasteiger partial charge in [-0.05, 0) is 62.4 Å². The van der Waals surface area contributed by atoms with Gasteiger partial charge in [0.05, 0.1) is 24.7 Å². The van der Waals surface area contributed by atoms with Crippen LogP contribution in [-0.2, 0) is 10.0 Å². The molecule has 1 fully saturated rings. The zero-order chi connectivity index (χ0) is 25.0. The molecular weight excluding hydrogens is 466 g/mol. The average Bonchev–Trinajstić information content (AvgIpc) is 2.87. The van der Waals surface area contributed by atoms with Crippen molar-refractivity contribution in [3.05, 3.63) is 65.5 Å². The van der Waals surface area contributed by atoms with Crippen molar-refractivity contribution in [1.82, 2.24) is 9.97 Å². The molecule has 4 rings (SSSR count). The maximum absolute atomic E-state index is 13.3. The van der Waals surface area contributed by atoms with Gasteiger partial charge in [-0.2, -0.15) is 0 Å². The molecule has 1 amide bonds. The largest absolute Gasteiger partial charge is 0.480 e. The molecule has 3 heterocycles. The maximum Gasteiger partial charge on any atom is 0.267 e. The van der Waals surface area contributed by atoms with E-state index in [1.807, 2.05) is 32.0 Å². The Morgan fingerprint density at radius 1 is 1.03 bits per heavy atom. The topological polar surface area (TPSA) is 114 Å². The van der Waals surface area contributed by atoms with Crippen LogP contribution in [0.15, 0.2) is 53.7 Å². The van der Waals surface area contributed by atoms with Crippen LogP contribution >= 0.6 is 0 Å². The summed E-state index contributed by atoms with van der Waals surface area (Å²) in [7, 11) is -2.71. The Labute approximate surface area is 205 Å². The maximum atomic E-state index is 13.3. The van der Waals surface area contributed by atoms with Crippen LogP contribution in [-0.4, -0.2) is 44.5 Å². The number of hydrogen-bond donors (Lipinski definition) is 2. The first-order valence-electron chi connectivity index (χ1n) is 11.4. The molecule has 2 aromatic heterocycles. The lowest BCUT2D eigenvalue weighted by atomic mass is 10.1. The number of methoxy groups -OCH3 is 1. The SMILES string of the molecule is COc1ncc(NC(=O)c2ccnc(N3CCCCC3)c2)cc1S(=O)(=O)Nc1c(C)cccc1C. The first kappa shape index (κ1) is 24.5. The Kier molecular flexibility index (Phi) is 7.20. The second-order valence-electron chi connectivity index (χ2n) is 8.51. The number of pyridine rings is 2. The number of carbonyl (C=O) groups is 1. The molecule has 0 bridgehead atoms. The van der Waals surface area contributed by atoms with E-state index in [0.717, 1.165) is 42.9 Å². The van der Waals surface area contributed by atoms with Gasteiger partial charge in [0.2, 0.25) is 5.88 Å². The lowest BCUT2D eigenvalue weighted by Crippen LogP contribution is -2.30. The highest BCUT2D eigenvalue weighted by Crippen LogP contribution is 2.29. The van der Waals surface area contributed by atoms with Gasteiger partial charge in [-0.3, -0.25) is 9.52 Å². The van der Waals surface area contributed by atoms with Crippen molar-refractivity contribution < 1.29 is 17.9 Å². The Morgan fingerprint density at radius 2 is 1.74 bits per heavy atom. The van der Waals surface area contributed by atoms with E-state index in [1.165, 1.54) is 25.8 Å². The Morgan fingerprint density at radius 3 is 2.43 bits per heavy atom. The molecule has 0 aliphatic carbocycles. The van der Waals surface area contributed by atoms with Gasteiger partial charge in [-0.15, -0.1) is 0 Å². The number of anilines is 3. The molecule has 0 spiro atoms. The first-order valence-corrected chi connectivity index (χ1v) is 12.9. The highest BCUT2D eigenvalue weighted by Gasteiger charge is 2.24. The van der Waals surface area contributed by atoms with E-state index in [1.54, 1.807) is 18.3 Å². The molecule has 10 heteroatoms. The second-order valence-corrected chi connectivity index (χ2v) is 10.2. The number of sulfonamides is 1. The van der Waals surface area contributed by atoms with Gasteiger partial charge in [0.25, 0.3) is 15.9 Å². The van der Waals surface area contributed by atoms with E-state index in [0.29, 0.717) is 11.3 Å². The van der Waals surface area contributed by atoms with Gasteiger partial charge in [0.1, 0.15) is 5.82 Å². The molecule has 1 aliphatic rings. The molecule has 1 aromatic carbocycles. The number of para-hydroxylation sites is 1.